The van der Waals surface area contributed by atoms with Crippen molar-refractivity contribution in [2.45, 2.75) is 31.9 Å². The van der Waals surface area contributed by atoms with Gasteiger partial charge in [-0.25, -0.2) is 0 Å². The molecule has 1 aromatic rings. The van der Waals surface area contributed by atoms with Crippen molar-refractivity contribution in [1.82, 2.24) is 10.1 Å². The maximum Gasteiger partial charge on any atom is 0.226 e. The van der Waals surface area contributed by atoms with Crippen LogP contribution in [0, 0.1) is 0 Å². The number of aryl methyl sites for hydroxylation is 1. The van der Waals surface area contributed by atoms with Crippen molar-refractivity contribution in [1.29, 1.82) is 0 Å². The van der Waals surface area contributed by atoms with Crippen molar-refractivity contribution in [2.75, 3.05) is 20.8 Å². The molecule has 92 valence electrons. The number of rotatable bonds is 7. The summed E-state index contributed by atoms with van der Waals surface area (Å²) in [6, 6.07) is -0.331. The van der Waals surface area contributed by atoms with Crippen LogP contribution in [-0.4, -0.2) is 37.1 Å². The van der Waals surface area contributed by atoms with Crippen molar-refractivity contribution < 1.29 is 14.0 Å². The molecule has 0 aliphatic rings. The quantitative estimate of drug-likeness (QED) is 0.740. The summed E-state index contributed by atoms with van der Waals surface area (Å²) in [5, 5.41) is 3.81. The molecule has 1 rings (SSSR count). The van der Waals surface area contributed by atoms with Gasteiger partial charge < -0.3 is 19.7 Å². The monoisotopic (exact) mass is 229 g/mol. The maximum atomic E-state index is 5.77. The van der Waals surface area contributed by atoms with Crippen molar-refractivity contribution in [3.63, 3.8) is 0 Å². The van der Waals surface area contributed by atoms with Gasteiger partial charge in [0.2, 0.25) is 5.89 Å². The van der Waals surface area contributed by atoms with Crippen LogP contribution in [0.2, 0.25) is 0 Å². The van der Waals surface area contributed by atoms with Crippen LogP contribution in [0.25, 0.3) is 0 Å². The summed E-state index contributed by atoms with van der Waals surface area (Å²) in [4.78, 5) is 4.20. The number of hydrogen-bond donors (Lipinski definition) is 1. The van der Waals surface area contributed by atoms with E-state index < -0.39 is 0 Å². The second-order valence-corrected chi connectivity index (χ2v) is 3.69. The van der Waals surface area contributed by atoms with Crippen molar-refractivity contribution in [3.05, 3.63) is 11.7 Å². The van der Waals surface area contributed by atoms with Crippen molar-refractivity contribution >= 4 is 0 Å². The minimum absolute atomic E-state index is 0.183. The van der Waals surface area contributed by atoms with Crippen LogP contribution in [0.15, 0.2) is 4.52 Å². The molecule has 0 aliphatic heterocycles. The Bertz CT molecular complexity index is 303. The van der Waals surface area contributed by atoms with Gasteiger partial charge in [-0.3, -0.25) is 0 Å². The van der Waals surface area contributed by atoms with Crippen molar-refractivity contribution in [3.8, 4) is 0 Å². The van der Waals surface area contributed by atoms with Gasteiger partial charge in [0.1, 0.15) is 0 Å². The first-order valence-corrected chi connectivity index (χ1v) is 5.27. The minimum atomic E-state index is -0.331. The molecule has 0 aliphatic carbocycles. The SMILES string of the molecule is COCC(N)c1noc(CCC(C)OC)n1. The Morgan fingerprint density at radius 2 is 2.19 bits per heavy atom. The molecule has 6 heteroatoms. The maximum absolute atomic E-state index is 5.77. The Morgan fingerprint density at radius 1 is 1.44 bits per heavy atom. The summed E-state index contributed by atoms with van der Waals surface area (Å²) in [5.41, 5.74) is 5.77. The summed E-state index contributed by atoms with van der Waals surface area (Å²) in [5.74, 6) is 1.08. The van der Waals surface area contributed by atoms with E-state index in [0.717, 1.165) is 6.42 Å². The Kier molecular flexibility index (Phi) is 5.37. The predicted octanol–water partition coefficient (Wildman–Crippen LogP) is 0.683. The molecular weight excluding hydrogens is 210 g/mol. The van der Waals surface area contributed by atoms with Crippen LogP contribution in [0.3, 0.4) is 0 Å². The smallest absolute Gasteiger partial charge is 0.226 e. The summed E-state index contributed by atoms with van der Waals surface area (Å²) >= 11 is 0. The molecule has 1 aromatic heterocycles. The van der Waals surface area contributed by atoms with Crippen LogP contribution < -0.4 is 5.73 Å². The summed E-state index contributed by atoms with van der Waals surface area (Å²) in [6.45, 7) is 2.38. The average Bonchev–Trinajstić information content (AvgIpc) is 2.75. The average molecular weight is 229 g/mol. The molecule has 0 saturated heterocycles. The molecule has 0 spiro atoms. The van der Waals surface area contributed by atoms with E-state index in [1.165, 1.54) is 0 Å². The Labute approximate surface area is 95.1 Å². The van der Waals surface area contributed by atoms with Gasteiger partial charge in [-0.2, -0.15) is 4.98 Å². The van der Waals surface area contributed by atoms with Crippen LogP contribution in [0.5, 0.6) is 0 Å². The van der Waals surface area contributed by atoms with Gasteiger partial charge in [-0.1, -0.05) is 5.16 Å². The van der Waals surface area contributed by atoms with Gasteiger partial charge in [0.05, 0.1) is 18.8 Å². The van der Waals surface area contributed by atoms with Gasteiger partial charge >= 0.3 is 0 Å². The lowest BCUT2D eigenvalue weighted by Gasteiger charge is -2.05. The number of ether oxygens (including phenoxy) is 2. The fourth-order valence-corrected chi connectivity index (χ4v) is 1.22. The zero-order valence-electron chi connectivity index (χ0n) is 9.97. The zero-order chi connectivity index (χ0) is 12.0. The first-order chi connectivity index (χ1) is 7.67. The lowest BCUT2D eigenvalue weighted by atomic mass is 10.2. The van der Waals surface area contributed by atoms with Crippen LogP contribution in [0.1, 0.15) is 31.1 Å². The summed E-state index contributed by atoms with van der Waals surface area (Å²) in [7, 11) is 3.26. The van der Waals surface area contributed by atoms with Gasteiger partial charge in [-0.05, 0) is 13.3 Å². The molecule has 0 radical (unpaired) electrons. The largest absolute Gasteiger partial charge is 0.383 e. The molecule has 2 atom stereocenters. The van der Waals surface area contributed by atoms with Gasteiger partial charge in [0, 0.05) is 20.6 Å². The normalized spacial score (nSPS) is 15.0. The topological polar surface area (TPSA) is 83.4 Å². The number of hydrogen-bond acceptors (Lipinski definition) is 6. The van der Waals surface area contributed by atoms with Gasteiger partial charge in [0.15, 0.2) is 5.82 Å². The third-order valence-corrected chi connectivity index (χ3v) is 2.33. The lowest BCUT2D eigenvalue weighted by molar-refractivity contribution is 0.109. The third-order valence-electron chi connectivity index (χ3n) is 2.33. The van der Waals surface area contributed by atoms with E-state index in [9.17, 15) is 0 Å². The number of methoxy groups -OCH3 is 2. The molecule has 6 nitrogen and oxygen atoms in total. The molecule has 0 bridgehead atoms. The Balaban J connectivity index is 2.45. The highest BCUT2D eigenvalue weighted by Crippen LogP contribution is 2.09. The summed E-state index contributed by atoms with van der Waals surface area (Å²) < 4.78 is 15.1. The molecule has 0 saturated carbocycles. The second-order valence-electron chi connectivity index (χ2n) is 3.69. The molecule has 1 heterocycles. The Hall–Kier alpha value is -0.980. The van der Waals surface area contributed by atoms with Crippen LogP contribution >= 0.6 is 0 Å². The van der Waals surface area contributed by atoms with E-state index in [1.807, 2.05) is 6.92 Å². The van der Waals surface area contributed by atoms with E-state index in [4.69, 9.17) is 19.7 Å². The van der Waals surface area contributed by atoms with Crippen molar-refractivity contribution in [2.24, 2.45) is 5.73 Å². The molecular formula is C10H19N3O3. The Morgan fingerprint density at radius 3 is 2.81 bits per heavy atom. The fraction of sp³-hybridized carbons (Fsp3) is 0.800. The van der Waals surface area contributed by atoms with Crippen LogP contribution in [0.4, 0.5) is 0 Å². The van der Waals surface area contributed by atoms with Gasteiger partial charge in [0.25, 0.3) is 0 Å². The van der Waals surface area contributed by atoms with E-state index in [0.29, 0.717) is 24.7 Å². The van der Waals surface area contributed by atoms with E-state index >= 15 is 0 Å². The third kappa shape index (κ3) is 3.88. The van der Waals surface area contributed by atoms with E-state index in [-0.39, 0.29) is 12.1 Å². The number of aromatic nitrogens is 2. The first kappa shape index (κ1) is 13.1. The van der Waals surface area contributed by atoms with E-state index in [1.54, 1.807) is 14.2 Å². The fourth-order valence-electron chi connectivity index (χ4n) is 1.22. The van der Waals surface area contributed by atoms with Gasteiger partial charge in [-0.15, -0.1) is 0 Å². The first-order valence-electron chi connectivity index (χ1n) is 5.27. The predicted molar refractivity (Wildman–Crippen MR) is 57.9 cm³/mol. The standard InChI is InChI=1S/C10H19N3O3/c1-7(15-3)4-5-9-12-10(13-16-9)8(11)6-14-2/h7-8H,4-6,11H2,1-3H3. The molecule has 0 amide bonds. The summed E-state index contributed by atoms with van der Waals surface area (Å²) in [6.07, 6.45) is 1.72. The minimum Gasteiger partial charge on any atom is -0.383 e. The molecule has 2 unspecified atom stereocenters. The number of nitrogens with two attached hydrogens (primary N) is 1. The molecule has 0 fully saturated rings. The second kappa shape index (κ2) is 6.57. The molecule has 0 aromatic carbocycles. The zero-order valence-corrected chi connectivity index (χ0v) is 9.97. The molecule has 16 heavy (non-hydrogen) atoms. The highest BCUT2D eigenvalue weighted by Gasteiger charge is 2.14. The number of nitrogens with zero attached hydrogens (tertiary/aromatic N) is 2. The van der Waals surface area contributed by atoms with Crippen LogP contribution in [-0.2, 0) is 15.9 Å². The van der Waals surface area contributed by atoms with E-state index in [2.05, 4.69) is 10.1 Å². The lowest BCUT2D eigenvalue weighted by Crippen LogP contribution is -2.17. The highest BCUT2D eigenvalue weighted by molar-refractivity contribution is 4.93. The highest BCUT2D eigenvalue weighted by atomic mass is 16.5. The molecule has 2 N–H and O–H groups in total.